The highest BCUT2D eigenvalue weighted by Crippen LogP contribution is 2.53. The van der Waals surface area contributed by atoms with Crippen molar-refractivity contribution in [2.75, 3.05) is 20.1 Å². The molecule has 1 saturated carbocycles. The Kier molecular flexibility index (Phi) is 7.92. The Labute approximate surface area is 224 Å². The highest BCUT2D eigenvalue weighted by atomic mass is 16.3. The lowest BCUT2D eigenvalue weighted by atomic mass is 9.55. The average molecular weight is 519 g/mol. The number of phenolic OH excluding ortho intramolecular Hbond substituents is 1. The maximum absolute atomic E-state index is 13.2. The molecule has 6 N–H and O–H groups in total. The molecule has 1 aliphatic heterocycles. The smallest absolute Gasteiger partial charge is 0.255 e. The van der Waals surface area contributed by atoms with Gasteiger partial charge in [-0.1, -0.05) is 30.3 Å². The van der Waals surface area contributed by atoms with Crippen LogP contribution in [0.1, 0.15) is 65.2 Å². The molecule has 2 unspecified atom stereocenters. The lowest BCUT2D eigenvalue weighted by molar-refractivity contribution is -0.126. The number of Topliss-reactive ketones (excluding diaryl/α,β-unsaturated/α-hetero) is 1. The second-order valence-corrected chi connectivity index (χ2v) is 10.8. The van der Waals surface area contributed by atoms with Crippen molar-refractivity contribution in [2.45, 2.75) is 57.4 Å². The van der Waals surface area contributed by atoms with Crippen molar-refractivity contribution >= 4 is 23.2 Å². The van der Waals surface area contributed by atoms with Gasteiger partial charge in [0.2, 0.25) is 0 Å². The van der Waals surface area contributed by atoms with Crippen LogP contribution in [-0.4, -0.2) is 53.8 Å². The number of rotatable bonds is 7. The van der Waals surface area contributed by atoms with Crippen LogP contribution < -0.4 is 16.8 Å². The van der Waals surface area contributed by atoms with Crippen molar-refractivity contribution < 1.29 is 19.5 Å². The molecule has 202 valence electrons. The maximum atomic E-state index is 13.2. The second-order valence-electron chi connectivity index (χ2n) is 10.8. The maximum Gasteiger partial charge on any atom is 0.255 e. The molecule has 1 heterocycles. The second kappa shape index (κ2) is 11.0. The highest BCUT2D eigenvalue weighted by molar-refractivity contribution is 6.18. The normalized spacial score (nSPS) is 24.1. The van der Waals surface area contributed by atoms with Gasteiger partial charge in [-0.3, -0.25) is 14.4 Å². The molecule has 0 radical (unpaired) electrons. The summed E-state index contributed by atoms with van der Waals surface area (Å²) in [5, 5.41) is 14.4. The summed E-state index contributed by atoms with van der Waals surface area (Å²) in [6.07, 6.45) is 4.29. The average Bonchev–Trinajstić information content (AvgIpc) is 2.87. The number of carbonyl (C=O) groups is 3. The van der Waals surface area contributed by atoms with Gasteiger partial charge < -0.3 is 26.8 Å². The lowest BCUT2D eigenvalue weighted by Gasteiger charge is -2.54. The zero-order valence-corrected chi connectivity index (χ0v) is 22.4. The molecule has 3 atom stereocenters. The molecule has 2 fully saturated rings. The number of likely N-dealkylation sites (tertiary alicyclic amines) is 1. The number of piperidine rings is 1. The van der Waals surface area contributed by atoms with Crippen LogP contribution in [0.4, 0.5) is 0 Å². The van der Waals surface area contributed by atoms with Crippen molar-refractivity contribution in [2.24, 2.45) is 17.4 Å². The number of benzene rings is 2. The number of primary amides is 1. The minimum absolute atomic E-state index is 0.00383. The van der Waals surface area contributed by atoms with Crippen LogP contribution in [0.15, 0.2) is 42.6 Å². The third-order valence-corrected chi connectivity index (χ3v) is 8.67. The summed E-state index contributed by atoms with van der Waals surface area (Å²) >= 11 is 0. The molecule has 0 spiro atoms. The molecule has 1 saturated heterocycles. The van der Waals surface area contributed by atoms with E-state index >= 15 is 0 Å². The molecule has 0 bridgehead atoms. The van der Waals surface area contributed by atoms with Crippen molar-refractivity contribution in [1.29, 1.82) is 0 Å². The van der Waals surface area contributed by atoms with Gasteiger partial charge in [-0.15, -0.1) is 0 Å². The Hall–Kier alpha value is -3.65. The minimum atomic E-state index is -0.594. The van der Waals surface area contributed by atoms with Crippen molar-refractivity contribution in [3.8, 4) is 5.75 Å². The number of aryl methyl sites for hydroxylation is 1. The molecule has 1 aliphatic carbocycles. The summed E-state index contributed by atoms with van der Waals surface area (Å²) in [5.41, 5.74) is 14.1. The third-order valence-electron chi connectivity index (χ3n) is 8.67. The summed E-state index contributed by atoms with van der Waals surface area (Å²) in [6, 6.07) is 11.1. The summed E-state index contributed by atoms with van der Waals surface area (Å²) in [5.74, 6) is -0.492. The zero-order valence-electron chi connectivity index (χ0n) is 22.4. The lowest BCUT2D eigenvalue weighted by Crippen LogP contribution is -2.56. The minimum Gasteiger partial charge on any atom is -0.507 e. The first-order valence-electron chi connectivity index (χ1n) is 13.2. The fourth-order valence-corrected chi connectivity index (χ4v) is 6.52. The molecule has 4 rings (SSSR count). The number of hydrogen-bond acceptors (Lipinski definition) is 6. The van der Waals surface area contributed by atoms with Crippen molar-refractivity contribution in [3.63, 3.8) is 0 Å². The van der Waals surface area contributed by atoms with E-state index in [9.17, 15) is 19.5 Å². The molecule has 0 aromatic heterocycles. The molecular formula is C30H38N4O4. The number of fused-ring (bicyclic) bond motifs is 1. The van der Waals surface area contributed by atoms with E-state index in [1.165, 1.54) is 6.20 Å². The van der Waals surface area contributed by atoms with Crippen LogP contribution in [-0.2, 0) is 21.4 Å². The number of amides is 2. The van der Waals surface area contributed by atoms with E-state index in [1.807, 2.05) is 25.1 Å². The number of nitrogens with two attached hydrogens (primary N) is 2. The fraction of sp³-hybridized carbons (Fsp3) is 0.433. The van der Waals surface area contributed by atoms with Gasteiger partial charge in [-0.2, -0.15) is 0 Å². The van der Waals surface area contributed by atoms with Gasteiger partial charge in [-0.25, -0.2) is 0 Å². The van der Waals surface area contributed by atoms with E-state index in [1.54, 1.807) is 18.2 Å². The predicted molar refractivity (Wildman–Crippen MR) is 147 cm³/mol. The van der Waals surface area contributed by atoms with Gasteiger partial charge in [-0.05, 0) is 75.4 Å². The molecule has 2 aromatic rings. The standard InChI is InChI=1S/C30H38N4O4/c1-18-4-10-23(29(38)33-14-12-20-5-7-21(8-6-20)24(17-31)28(32)37)27(36)26(18)30-13-15-34(3)19(2)25(30)11-9-22(35)16-30/h4-8,10,17,19,25,36H,9,11-16,31H2,1-3H3,(H2,32,37)(H,33,38)/b24-17-/t19?,25?,30-/m0/s1. The van der Waals surface area contributed by atoms with E-state index in [2.05, 4.69) is 24.2 Å². The summed E-state index contributed by atoms with van der Waals surface area (Å²) in [7, 11) is 2.11. The van der Waals surface area contributed by atoms with Gasteiger partial charge in [0.1, 0.15) is 11.5 Å². The fourth-order valence-electron chi connectivity index (χ4n) is 6.52. The Morgan fingerprint density at radius 2 is 1.92 bits per heavy atom. The largest absolute Gasteiger partial charge is 0.507 e. The molecule has 2 aromatic carbocycles. The Bertz CT molecular complexity index is 1270. The topological polar surface area (TPSA) is 139 Å². The number of carbonyl (C=O) groups excluding carboxylic acids is 3. The van der Waals surface area contributed by atoms with Gasteiger partial charge in [0, 0.05) is 42.6 Å². The Morgan fingerprint density at radius 1 is 1.21 bits per heavy atom. The van der Waals surface area contributed by atoms with Crippen LogP contribution in [0.3, 0.4) is 0 Å². The number of nitrogens with one attached hydrogen (secondary N) is 1. The predicted octanol–water partition coefficient (Wildman–Crippen LogP) is 2.79. The quantitative estimate of drug-likeness (QED) is 0.416. The van der Waals surface area contributed by atoms with Crippen LogP contribution in [0.2, 0.25) is 0 Å². The molecule has 2 amide bonds. The van der Waals surface area contributed by atoms with Crippen LogP contribution in [0, 0.1) is 12.8 Å². The molecule has 38 heavy (non-hydrogen) atoms. The van der Waals surface area contributed by atoms with Crippen molar-refractivity contribution in [3.05, 3.63) is 70.4 Å². The Morgan fingerprint density at radius 3 is 2.58 bits per heavy atom. The molecule has 8 heteroatoms. The first-order chi connectivity index (χ1) is 18.1. The van der Waals surface area contributed by atoms with E-state index in [0.717, 1.165) is 36.1 Å². The number of phenols is 1. The van der Waals surface area contributed by atoms with Crippen LogP contribution >= 0.6 is 0 Å². The van der Waals surface area contributed by atoms with Gasteiger partial charge in [0.05, 0.1) is 11.1 Å². The molecule has 8 nitrogen and oxygen atoms in total. The summed E-state index contributed by atoms with van der Waals surface area (Å²) in [6.45, 7) is 5.36. The zero-order chi connectivity index (χ0) is 27.6. The number of ketones is 1. The van der Waals surface area contributed by atoms with Gasteiger partial charge >= 0.3 is 0 Å². The monoisotopic (exact) mass is 518 g/mol. The highest BCUT2D eigenvalue weighted by Gasteiger charge is 2.52. The van der Waals surface area contributed by atoms with Gasteiger partial charge in [0.25, 0.3) is 11.8 Å². The number of nitrogens with zero attached hydrogens (tertiary/aromatic N) is 1. The van der Waals surface area contributed by atoms with Gasteiger partial charge in [0.15, 0.2) is 0 Å². The number of aromatic hydroxyl groups is 1. The molecule has 2 aliphatic rings. The van der Waals surface area contributed by atoms with Crippen LogP contribution in [0.25, 0.3) is 5.57 Å². The SMILES string of the molecule is Cc1ccc(C(=O)NCCc2ccc(/C(=C/N)C(N)=O)cc2)c(O)c1[C@]12CCN(C)C(C)C1CCC(=O)C2. The Balaban J connectivity index is 1.52. The third kappa shape index (κ3) is 5.05. The summed E-state index contributed by atoms with van der Waals surface area (Å²) < 4.78 is 0. The van der Waals surface area contributed by atoms with E-state index in [4.69, 9.17) is 11.5 Å². The summed E-state index contributed by atoms with van der Waals surface area (Å²) in [4.78, 5) is 39.7. The molecular weight excluding hydrogens is 480 g/mol. The number of hydrogen-bond donors (Lipinski definition) is 4. The van der Waals surface area contributed by atoms with E-state index in [0.29, 0.717) is 31.4 Å². The van der Waals surface area contributed by atoms with Crippen LogP contribution in [0.5, 0.6) is 5.75 Å². The van der Waals surface area contributed by atoms with Crippen molar-refractivity contribution in [1.82, 2.24) is 10.2 Å². The first-order valence-corrected chi connectivity index (χ1v) is 13.2. The van der Waals surface area contributed by atoms with E-state index < -0.39 is 11.3 Å². The first kappa shape index (κ1) is 27.4. The van der Waals surface area contributed by atoms with E-state index in [-0.39, 0.29) is 40.5 Å².